The Morgan fingerprint density at radius 3 is 2.78 bits per heavy atom. The molecule has 3 unspecified atom stereocenters. The molecule has 10 nitrogen and oxygen atoms in total. The van der Waals surface area contributed by atoms with Gasteiger partial charge in [-0.1, -0.05) is 32.1 Å². The van der Waals surface area contributed by atoms with Crippen molar-refractivity contribution in [2.45, 2.75) is 69.3 Å². The summed E-state index contributed by atoms with van der Waals surface area (Å²) in [5, 5.41) is 15.6. The first-order valence-electron chi connectivity index (χ1n) is 14.4. The highest BCUT2D eigenvalue weighted by Gasteiger charge is 2.52. The lowest BCUT2D eigenvalue weighted by atomic mass is 9.67. The molecule has 2 saturated heterocycles. The molecule has 0 amide bonds. The molecule has 1 aliphatic carbocycles. The van der Waals surface area contributed by atoms with Crippen LogP contribution in [0, 0.1) is 11.3 Å². The van der Waals surface area contributed by atoms with Crippen molar-refractivity contribution in [2.24, 2.45) is 17.1 Å². The third-order valence-corrected chi connectivity index (χ3v) is 9.51. The van der Waals surface area contributed by atoms with E-state index in [-0.39, 0.29) is 37.8 Å². The highest BCUT2D eigenvalue weighted by Crippen LogP contribution is 2.55. The zero-order valence-corrected chi connectivity index (χ0v) is 24.0. The van der Waals surface area contributed by atoms with Crippen LogP contribution in [0.3, 0.4) is 0 Å². The molecule has 0 bridgehead atoms. The average Bonchev–Trinajstić information content (AvgIpc) is 3.30. The lowest BCUT2D eigenvalue weighted by Gasteiger charge is -2.48. The molecule has 10 heteroatoms. The molecule has 1 aromatic heterocycles. The van der Waals surface area contributed by atoms with Crippen molar-refractivity contribution in [1.29, 1.82) is 0 Å². The second-order valence-corrected chi connectivity index (χ2v) is 12.4. The van der Waals surface area contributed by atoms with Gasteiger partial charge in [-0.2, -0.15) is 0 Å². The van der Waals surface area contributed by atoms with E-state index < -0.39 is 29.2 Å². The fourth-order valence-corrected chi connectivity index (χ4v) is 7.21. The number of nitrogens with zero attached hydrogens (tertiary/aromatic N) is 1. The largest absolute Gasteiger partial charge is 0.494 e. The molecule has 4 aliphatic heterocycles. The monoisotopic (exact) mass is 565 g/mol. The smallest absolute Gasteiger partial charge is 0.147 e. The number of hydrogen-bond acceptors (Lipinski definition) is 10. The van der Waals surface area contributed by atoms with Crippen LogP contribution in [0.4, 0.5) is 5.69 Å². The van der Waals surface area contributed by atoms with E-state index in [2.05, 4.69) is 30.5 Å². The molecule has 2 fully saturated rings. The Balaban J connectivity index is 1.32. The normalized spacial score (nSPS) is 35.3. The van der Waals surface area contributed by atoms with E-state index in [0.717, 1.165) is 33.4 Å². The predicted molar refractivity (Wildman–Crippen MR) is 152 cm³/mol. The first kappa shape index (κ1) is 27.3. The Bertz CT molecular complexity index is 1410. The molecule has 2 aromatic rings. The van der Waals surface area contributed by atoms with E-state index in [1.165, 1.54) is 0 Å². The van der Waals surface area contributed by atoms with Gasteiger partial charge in [-0.3, -0.25) is 0 Å². The molecule has 1 aromatic carbocycles. The van der Waals surface area contributed by atoms with Crippen LogP contribution in [0.2, 0.25) is 0 Å². The Kier molecular flexibility index (Phi) is 6.66. The summed E-state index contributed by atoms with van der Waals surface area (Å²) in [7, 11) is 1.67. The number of aliphatic hydroxyl groups excluding tert-OH is 1. The molecule has 220 valence electrons. The summed E-state index contributed by atoms with van der Waals surface area (Å²) < 4.78 is 36.3. The minimum Gasteiger partial charge on any atom is -0.494 e. The molecular weight excluding hydrogens is 526 g/mol. The summed E-state index contributed by atoms with van der Waals surface area (Å²) in [4.78, 5) is 5.12. The second-order valence-electron chi connectivity index (χ2n) is 12.4. The van der Waals surface area contributed by atoms with Gasteiger partial charge in [0.1, 0.15) is 37.1 Å². The highest BCUT2D eigenvalue weighted by molar-refractivity contribution is 5.96. The lowest BCUT2D eigenvalue weighted by molar-refractivity contribution is -0.231. The second kappa shape index (κ2) is 10.0. The Morgan fingerprint density at radius 2 is 1.98 bits per heavy atom. The number of ether oxygens (including phenoxy) is 6. The van der Waals surface area contributed by atoms with Gasteiger partial charge in [0.25, 0.3) is 0 Å². The first-order valence-corrected chi connectivity index (χ1v) is 14.4. The van der Waals surface area contributed by atoms with E-state index in [1.54, 1.807) is 7.11 Å². The van der Waals surface area contributed by atoms with Gasteiger partial charge in [0.15, 0.2) is 0 Å². The number of rotatable bonds is 5. The molecule has 5 aliphatic rings. The van der Waals surface area contributed by atoms with Gasteiger partial charge in [0.2, 0.25) is 0 Å². The van der Waals surface area contributed by atoms with Gasteiger partial charge in [0, 0.05) is 40.7 Å². The number of aromatic nitrogens is 1. The number of pyridine rings is 1. The van der Waals surface area contributed by atoms with E-state index in [0.29, 0.717) is 25.4 Å². The fraction of sp³-hybridized carbons (Fsp3) is 0.581. The van der Waals surface area contributed by atoms with Crippen molar-refractivity contribution < 1.29 is 33.5 Å². The zero-order chi connectivity index (χ0) is 28.5. The molecular formula is C31H39N3O7. The lowest BCUT2D eigenvalue weighted by Crippen LogP contribution is -2.54. The van der Waals surface area contributed by atoms with Gasteiger partial charge in [-0.15, -0.1) is 0 Å². The van der Waals surface area contributed by atoms with Crippen molar-refractivity contribution in [3.05, 3.63) is 47.2 Å². The molecule has 5 heterocycles. The number of benzene rings is 1. The number of fused-ring (bicyclic) bond motifs is 8. The van der Waals surface area contributed by atoms with Crippen LogP contribution < -0.4 is 15.8 Å². The average molecular weight is 566 g/mol. The summed E-state index contributed by atoms with van der Waals surface area (Å²) in [6.07, 6.45) is 6.81. The van der Waals surface area contributed by atoms with Gasteiger partial charge in [-0.25, -0.2) is 4.98 Å². The van der Waals surface area contributed by atoms with Gasteiger partial charge in [0.05, 0.1) is 55.3 Å². The third-order valence-electron chi connectivity index (χ3n) is 9.51. The van der Waals surface area contributed by atoms with Crippen LogP contribution in [-0.4, -0.2) is 73.9 Å². The first-order chi connectivity index (χ1) is 19.8. The Morgan fingerprint density at radius 1 is 1.12 bits per heavy atom. The summed E-state index contributed by atoms with van der Waals surface area (Å²) >= 11 is 0. The quantitative estimate of drug-likeness (QED) is 0.463. The Labute approximate surface area is 239 Å². The summed E-state index contributed by atoms with van der Waals surface area (Å²) in [5.74, 6) is 0.812. The van der Waals surface area contributed by atoms with Crippen LogP contribution >= 0.6 is 0 Å². The minimum atomic E-state index is -0.799. The molecule has 0 spiro atoms. The van der Waals surface area contributed by atoms with E-state index in [9.17, 15) is 5.11 Å². The minimum absolute atomic E-state index is 0.0756. The zero-order valence-electron chi connectivity index (χ0n) is 24.0. The summed E-state index contributed by atoms with van der Waals surface area (Å²) in [6.45, 7) is 7.45. The molecule has 4 N–H and O–H groups in total. The standard InChI is InChI=1S/C31H39N3O7/c1-16(2)25(32)27(35)22-12-23(40-15-39-22)31-7-5-9-38-28(31)17-10-18-24-20(34-30(3)13-37-14-41-29(24)30)11-21(36-4)26(18)33-19(17)6-8-31/h5-8,10-11,16,22-23,25,27-29,34-35H,9,12-15,32H2,1-4H3/t22?,23?,25-,27-,28-,29-,30-,31?/m0/s1. The molecule has 7 rings (SSSR count). The maximum absolute atomic E-state index is 11.0. The van der Waals surface area contributed by atoms with Gasteiger partial charge >= 0.3 is 0 Å². The molecule has 0 radical (unpaired) electrons. The van der Waals surface area contributed by atoms with Gasteiger partial charge in [-0.05, 0) is 25.0 Å². The van der Waals surface area contributed by atoms with Crippen LogP contribution in [0.25, 0.3) is 17.0 Å². The molecule has 8 atom stereocenters. The van der Waals surface area contributed by atoms with Crippen molar-refractivity contribution in [3.8, 4) is 5.75 Å². The summed E-state index contributed by atoms with van der Waals surface area (Å²) in [5.41, 5.74) is 9.93. The van der Waals surface area contributed by atoms with Crippen LogP contribution in [-0.2, 0) is 23.7 Å². The van der Waals surface area contributed by atoms with Gasteiger partial charge < -0.3 is 44.6 Å². The molecule has 41 heavy (non-hydrogen) atoms. The number of methoxy groups -OCH3 is 1. The van der Waals surface area contributed by atoms with Crippen molar-refractivity contribution in [1.82, 2.24) is 4.98 Å². The number of aliphatic hydroxyl groups is 1. The number of hydrogen-bond donors (Lipinski definition) is 3. The van der Waals surface area contributed by atoms with Crippen LogP contribution in [0.1, 0.15) is 56.2 Å². The number of nitrogens with two attached hydrogens (primary N) is 1. The fourth-order valence-electron chi connectivity index (χ4n) is 7.21. The van der Waals surface area contributed by atoms with Crippen LogP contribution in [0.15, 0.2) is 30.4 Å². The van der Waals surface area contributed by atoms with E-state index >= 15 is 0 Å². The maximum Gasteiger partial charge on any atom is 0.147 e. The topological polar surface area (TPSA) is 127 Å². The number of anilines is 1. The molecule has 0 saturated carbocycles. The SMILES string of the molecule is COc1cc2c(c3cc4c(nc13)C=CC1(C3CC([C@H](O)[C@@H](N)C(C)C)OCO3)C=CCO[C@@H]41)[C@@H]1OCOC[C@]1(C)N2. The highest BCUT2D eigenvalue weighted by atomic mass is 16.7. The maximum atomic E-state index is 11.0. The van der Waals surface area contributed by atoms with E-state index in [1.807, 2.05) is 32.1 Å². The Hall–Kier alpha value is -2.57. The van der Waals surface area contributed by atoms with Crippen molar-refractivity contribution in [3.63, 3.8) is 0 Å². The van der Waals surface area contributed by atoms with Crippen LogP contribution in [0.5, 0.6) is 5.75 Å². The van der Waals surface area contributed by atoms with Crippen molar-refractivity contribution >= 4 is 22.7 Å². The van der Waals surface area contributed by atoms with Crippen molar-refractivity contribution in [2.75, 3.05) is 39.2 Å². The third kappa shape index (κ3) is 4.15. The number of nitrogens with one attached hydrogen (secondary N) is 1. The van der Waals surface area contributed by atoms with E-state index in [4.69, 9.17) is 39.1 Å². The predicted octanol–water partition coefficient (Wildman–Crippen LogP) is 3.59. The summed E-state index contributed by atoms with van der Waals surface area (Å²) in [6, 6.07) is 3.80.